The molecule has 0 atom stereocenters. The number of halogens is 1. The second-order valence-corrected chi connectivity index (χ2v) is 8.24. The summed E-state index contributed by atoms with van der Waals surface area (Å²) in [5.41, 5.74) is 5.76. The Morgan fingerprint density at radius 2 is 1.91 bits per heavy atom. The molecular weight excluding hydrogens is 424 g/mol. The summed E-state index contributed by atoms with van der Waals surface area (Å²) in [6, 6.07) is 11.4. The largest absolute Gasteiger partial charge is 0.341 e. The van der Waals surface area contributed by atoms with E-state index in [2.05, 4.69) is 15.2 Å². The van der Waals surface area contributed by atoms with Crippen LogP contribution in [0.4, 0.5) is 0 Å². The lowest BCUT2D eigenvalue weighted by atomic mass is 10.1. The zero-order valence-corrected chi connectivity index (χ0v) is 18.9. The van der Waals surface area contributed by atoms with E-state index in [1.54, 1.807) is 15.6 Å². The number of carbonyl (C=O) groups is 1. The van der Waals surface area contributed by atoms with Crippen molar-refractivity contribution in [3.05, 3.63) is 75.8 Å². The molecule has 0 radical (unpaired) electrons. The van der Waals surface area contributed by atoms with Gasteiger partial charge in [-0.3, -0.25) is 4.79 Å². The normalized spacial score (nSPS) is 10.9. The predicted molar refractivity (Wildman–Crippen MR) is 127 cm³/mol. The van der Waals surface area contributed by atoms with Crippen molar-refractivity contribution in [1.29, 1.82) is 0 Å². The lowest BCUT2D eigenvalue weighted by Crippen LogP contribution is -2.26. The average molecular weight is 453 g/mol. The van der Waals surface area contributed by atoms with Crippen LogP contribution in [0.3, 0.4) is 0 Å². The van der Waals surface area contributed by atoms with Gasteiger partial charge in [-0.15, -0.1) is 5.10 Å². The summed E-state index contributed by atoms with van der Waals surface area (Å²) in [4.78, 5) is 18.8. The van der Waals surface area contributed by atoms with Gasteiger partial charge in [0.15, 0.2) is 11.5 Å². The molecule has 0 aliphatic heterocycles. The molecule has 3 heterocycles. The number of amides is 1. The monoisotopic (exact) mass is 452 g/mol. The van der Waals surface area contributed by atoms with Gasteiger partial charge in [0.2, 0.25) is 5.91 Å². The van der Waals surface area contributed by atoms with Crippen molar-refractivity contribution in [3.63, 3.8) is 0 Å². The third-order valence-corrected chi connectivity index (χ3v) is 5.74. The highest BCUT2D eigenvalue weighted by Gasteiger charge is 2.17. The van der Waals surface area contributed by atoms with Crippen LogP contribution >= 0.6 is 11.6 Å². The van der Waals surface area contributed by atoms with Gasteiger partial charge in [0.25, 0.3) is 0 Å². The third-order valence-electron chi connectivity index (χ3n) is 5.50. The average Bonchev–Trinajstić information content (AvgIpc) is 3.25. The van der Waals surface area contributed by atoms with Crippen LogP contribution in [0.5, 0.6) is 0 Å². The number of rotatable bonds is 6. The smallest absolute Gasteiger partial charge is 0.222 e. The molecule has 4 rings (SSSR count). The summed E-state index contributed by atoms with van der Waals surface area (Å²) in [7, 11) is 1.82. The van der Waals surface area contributed by atoms with Crippen LogP contribution < -0.4 is 0 Å². The highest BCUT2D eigenvalue weighted by atomic mass is 35.5. The first-order chi connectivity index (χ1) is 14.8. The fourth-order valence-electron chi connectivity index (χ4n) is 3.77. The SMILES string of the molecule is C.Cc1nn(-c2ccc3ncc(C)n3n2)c(C)c1CCC(=O)N(C)Cc1cccc(Cl)c1. The molecule has 0 bridgehead atoms. The van der Waals surface area contributed by atoms with E-state index in [4.69, 9.17) is 11.6 Å². The number of hydrogen-bond acceptors (Lipinski definition) is 4. The van der Waals surface area contributed by atoms with Crippen molar-refractivity contribution in [2.75, 3.05) is 7.05 Å². The predicted octanol–water partition coefficient (Wildman–Crippen LogP) is 4.72. The number of benzene rings is 1. The Bertz CT molecular complexity index is 1260. The van der Waals surface area contributed by atoms with E-state index < -0.39 is 0 Å². The lowest BCUT2D eigenvalue weighted by Gasteiger charge is -2.17. The molecule has 7 nitrogen and oxygen atoms in total. The van der Waals surface area contributed by atoms with Gasteiger partial charge in [-0.2, -0.15) is 5.10 Å². The first kappa shape index (κ1) is 23.5. The molecule has 1 amide bonds. The molecule has 0 aliphatic carbocycles. The minimum absolute atomic E-state index is 0. The fraction of sp³-hybridized carbons (Fsp3) is 0.333. The van der Waals surface area contributed by atoms with Crippen LogP contribution in [0.2, 0.25) is 5.02 Å². The van der Waals surface area contributed by atoms with Gasteiger partial charge in [-0.1, -0.05) is 31.2 Å². The Hall–Kier alpha value is -3.19. The highest BCUT2D eigenvalue weighted by Crippen LogP contribution is 2.20. The van der Waals surface area contributed by atoms with Gasteiger partial charge in [0, 0.05) is 30.7 Å². The van der Waals surface area contributed by atoms with E-state index in [0.29, 0.717) is 24.4 Å². The van der Waals surface area contributed by atoms with E-state index in [1.807, 2.05) is 68.9 Å². The summed E-state index contributed by atoms with van der Waals surface area (Å²) in [6.07, 6.45) is 2.84. The van der Waals surface area contributed by atoms with Crippen LogP contribution in [0.1, 0.15) is 42.1 Å². The molecule has 4 aromatic rings. The van der Waals surface area contributed by atoms with Gasteiger partial charge in [0.05, 0.1) is 17.6 Å². The van der Waals surface area contributed by atoms with Crippen molar-refractivity contribution in [2.24, 2.45) is 0 Å². The summed E-state index contributed by atoms with van der Waals surface area (Å²) in [5, 5.41) is 10.0. The summed E-state index contributed by atoms with van der Waals surface area (Å²) in [6.45, 7) is 6.49. The molecular formula is C24H29ClN6O. The minimum atomic E-state index is 0. The molecule has 32 heavy (non-hydrogen) atoms. The van der Waals surface area contributed by atoms with Crippen LogP contribution in [0.25, 0.3) is 11.5 Å². The number of hydrogen-bond donors (Lipinski definition) is 0. The van der Waals surface area contributed by atoms with Gasteiger partial charge in [-0.05, 0) is 62.6 Å². The van der Waals surface area contributed by atoms with Crippen LogP contribution in [-0.2, 0) is 17.8 Å². The molecule has 1 aromatic carbocycles. The quantitative estimate of drug-likeness (QED) is 0.424. The van der Waals surface area contributed by atoms with Gasteiger partial charge < -0.3 is 4.90 Å². The van der Waals surface area contributed by atoms with Crippen molar-refractivity contribution >= 4 is 23.2 Å². The lowest BCUT2D eigenvalue weighted by molar-refractivity contribution is -0.130. The molecule has 3 aromatic heterocycles. The molecule has 168 valence electrons. The van der Waals surface area contributed by atoms with E-state index in [9.17, 15) is 4.79 Å². The van der Waals surface area contributed by atoms with Crippen molar-refractivity contribution in [2.45, 2.75) is 47.6 Å². The van der Waals surface area contributed by atoms with E-state index in [1.165, 1.54) is 0 Å². The summed E-state index contributed by atoms with van der Waals surface area (Å²) >= 11 is 6.05. The highest BCUT2D eigenvalue weighted by molar-refractivity contribution is 6.30. The van der Waals surface area contributed by atoms with Crippen molar-refractivity contribution < 1.29 is 4.79 Å². The fourth-order valence-corrected chi connectivity index (χ4v) is 3.98. The van der Waals surface area contributed by atoms with Crippen molar-refractivity contribution in [1.82, 2.24) is 29.3 Å². The maximum atomic E-state index is 12.7. The van der Waals surface area contributed by atoms with Crippen LogP contribution in [0, 0.1) is 20.8 Å². The van der Waals surface area contributed by atoms with E-state index >= 15 is 0 Å². The van der Waals surface area contributed by atoms with Crippen LogP contribution in [0.15, 0.2) is 42.6 Å². The molecule has 8 heteroatoms. The van der Waals surface area contributed by atoms with E-state index in [0.717, 1.165) is 39.7 Å². The zero-order valence-electron chi connectivity index (χ0n) is 18.1. The molecule has 0 spiro atoms. The number of fused-ring (bicyclic) bond motifs is 1. The number of imidazole rings is 1. The van der Waals surface area contributed by atoms with Gasteiger partial charge in [-0.25, -0.2) is 14.2 Å². The Morgan fingerprint density at radius 3 is 2.66 bits per heavy atom. The Balaban J connectivity index is 0.00000289. The Morgan fingerprint density at radius 1 is 1.12 bits per heavy atom. The Labute approximate surface area is 193 Å². The second kappa shape index (κ2) is 9.53. The zero-order chi connectivity index (χ0) is 22.1. The molecule has 0 N–H and O–H groups in total. The molecule has 0 fully saturated rings. The maximum absolute atomic E-state index is 12.7. The minimum Gasteiger partial charge on any atom is -0.341 e. The maximum Gasteiger partial charge on any atom is 0.222 e. The third kappa shape index (κ3) is 4.67. The molecule has 0 saturated heterocycles. The van der Waals surface area contributed by atoms with Crippen LogP contribution in [-0.4, -0.2) is 42.2 Å². The summed E-state index contributed by atoms with van der Waals surface area (Å²) in [5.74, 6) is 0.810. The molecule has 0 unspecified atom stereocenters. The topological polar surface area (TPSA) is 68.3 Å². The second-order valence-electron chi connectivity index (χ2n) is 7.80. The van der Waals surface area contributed by atoms with Gasteiger partial charge in [0.1, 0.15) is 0 Å². The Kier molecular flexibility index (Phi) is 6.99. The van der Waals surface area contributed by atoms with Gasteiger partial charge >= 0.3 is 0 Å². The number of aromatic nitrogens is 5. The van der Waals surface area contributed by atoms with E-state index in [-0.39, 0.29) is 13.3 Å². The number of nitrogens with zero attached hydrogens (tertiary/aromatic N) is 6. The molecule has 0 saturated carbocycles. The van der Waals surface area contributed by atoms with Crippen molar-refractivity contribution in [3.8, 4) is 5.82 Å². The molecule has 0 aliphatic rings. The number of carbonyl (C=O) groups excluding carboxylic acids is 1. The summed E-state index contributed by atoms with van der Waals surface area (Å²) < 4.78 is 3.64. The number of aryl methyl sites for hydroxylation is 2. The standard InChI is InChI=1S/C23H25ClN6O.CH4/c1-15-13-25-21-9-10-22(27-29(15)21)30-17(3)20(16(2)26-30)8-11-23(31)28(4)14-18-6-5-7-19(24)12-18;/h5-7,9-10,12-13H,8,11,14H2,1-4H3;1H4. The first-order valence-corrected chi connectivity index (χ1v) is 10.6. The first-order valence-electron chi connectivity index (χ1n) is 10.2.